The first-order valence-electron chi connectivity index (χ1n) is 3.78. The summed E-state index contributed by atoms with van der Waals surface area (Å²) in [5.41, 5.74) is 1.19. The van der Waals surface area contributed by atoms with E-state index in [2.05, 4.69) is 20.8 Å². The maximum absolute atomic E-state index is 10.9. The van der Waals surface area contributed by atoms with Gasteiger partial charge in [-0.2, -0.15) is 0 Å². The van der Waals surface area contributed by atoms with E-state index in [0.29, 0.717) is 0 Å². The smallest absolute Gasteiger partial charge is 0.872 e. The second-order valence-electron chi connectivity index (χ2n) is 3.78. The Labute approximate surface area is 86.0 Å². The van der Waals surface area contributed by atoms with Gasteiger partial charge in [0.05, 0.1) is 0 Å². The van der Waals surface area contributed by atoms with Gasteiger partial charge in [0.25, 0.3) is 0 Å². The van der Waals surface area contributed by atoms with E-state index >= 15 is 0 Å². The molecule has 0 spiro atoms. The summed E-state index contributed by atoms with van der Waals surface area (Å²) in [7, 11) is 0. The van der Waals surface area contributed by atoms with Crippen LogP contribution in [-0.4, -0.2) is 0 Å². The van der Waals surface area contributed by atoms with Gasteiger partial charge < -0.3 is 5.11 Å². The SMILES string of the molecule is CC(C)(C)c1cccc([O-])c1.[Li+]. The molecule has 0 N–H and O–H groups in total. The standard InChI is InChI=1S/C10H14O.Li/c1-10(2,3)8-5-4-6-9(11)7-8;/h4-7,11H,1-3H3;/q;+1/p-1. The van der Waals surface area contributed by atoms with Crippen molar-refractivity contribution in [3.05, 3.63) is 29.8 Å². The second-order valence-corrected chi connectivity index (χ2v) is 3.78. The molecule has 60 valence electrons. The van der Waals surface area contributed by atoms with E-state index in [1.807, 2.05) is 12.1 Å². The fourth-order valence-electron chi connectivity index (χ4n) is 0.963. The van der Waals surface area contributed by atoms with Gasteiger partial charge in [0, 0.05) is 0 Å². The average Bonchev–Trinajstić information content (AvgIpc) is 1.86. The molecule has 1 aromatic carbocycles. The van der Waals surface area contributed by atoms with Crippen molar-refractivity contribution in [2.24, 2.45) is 0 Å². The zero-order valence-corrected chi connectivity index (χ0v) is 8.22. The van der Waals surface area contributed by atoms with Gasteiger partial charge in [-0.3, -0.25) is 0 Å². The van der Waals surface area contributed by atoms with Crippen LogP contribution < -0.4 is 24.0 Å². The summed E-state index contributed by atoms with van der Waals surface area (Å²) in [6.07, 6.45) is 0. The quantitative estimate of drug-likeness (QED) is 0.445. The molecule has 1 nitrogen and oxygen atoms in total. The van der Waals surface area contributed by atoms with Gasteiger partial charge in [-0.1, -0.05) is 45.0 Å². The molecular weight excluding hydrogens is 143 g/mol. The Hall–Kier alpha value is -0.383. The minimum atomic E-state index is 0. The summed E-state index contributed by atoms with van der Waals surface area (Å²) in [4.78, 5) is 0. The zero-order valence-electron chi connectivity index (χ0n) is 8.22. The molecule has 0 aliphatic heterocycles. The van der Waals surface area contributed by atoms with E-state index in [1.54, 1.807) is 12.1 Å². The number of hydrogen-bond acceptors (Lipinski definition) is 1. The van der Waals surface area contributed by atoms with Crippen molar-refractivity contribution in [2.75, 3.05) is 0 Å². The van der Waals surface area contributed by atoms with Crippen LogP contribution in [0, 0.1) is 0 Å². The molecular formula is C10H13LiO. The van der Waals surface area contributed by atoms with Crippen molar-refractivity contribution < 1.29 is 24.0 Å². The van der Waals surface area contributed by atoms with Crippen molar-refractivity contribution in [2.45, 2.75) is 26.2 Å². The molecule has 2 heteroatoms. The van der Waals surface area contributed by atoms with E-state index in [0.717, 1.165) is 5.56 Å². The second kappa shape index (κ2) is 4.03. The molecule has 0 bridgehead atoms. The van der Waals surface area contributed by atoms with Crippen LogP contribution in [0.4, 0.5) is 0 Å². The van der Waals surface area contributed by atoms with E-state index in [4.69, 9.17) is 0 Å². The summed E-state index contributed by atoms with van der Waals surface area (Å²) in [5.74, 6) is 0.0948. The largest absolute Gasteiger partial charge is 1.00 e. The molecule has 0 atom stereocenters. The zero-order chi connectivity index (χ0) is 8.48. The first-order valence-corrected chi connectivity index (χ1v) is 3.78. The molecule has 0 aliphatic rings. The Morgan fingerprint density at radius 1 is 1.17 bits per heavy atom. The Bertz CT molecular complexity index is 250. The first kappa shape index (κ1) is 11.6. The van der Waals surface area contributed by atoms with E-state index < -0.39 is 0 Å². The van der Waals surface area contributed by atoms with Crippen LogP contribution in [0.25, 0.3) is 0 Å². The minimum Gasteiger partial charge on any atom is -0.872 e. The normalized spacial score (nSPS) is 10.6. The molecule has 1 rings (SSSR count). The van der Waals surface area contributed by atoms with Crippen molar-refractivity contribution in [3.63, 3.8) is 0 Å². The molecule has 0 unspecified atom stereocenters. The average molecular weight is 156 g/mol. The first-order chi connectivity index (χ1) is 5.00. The summed E-state index contributed by atoms with van der Waals surface area (Å²) >= 11 is 0. The topological polar surface area (TPSA) is 23.1 Å². The molecule has 0 aliphatic carbocycles. The van der Waals surface area contributed by atoms with Crippen LogP contribution >= 0.6 is 0 Å². The Morgan fingerprint density at radius 3 is 2.08 bits per heavy atom. The third-order valence-electron chi connectivity index (χ3n) is 1.70. The molecule has 0 saturated carbocycles. The van der Waals surface area contributed by atoms with E-state index in [9.17, 15) is 5.11 Å². The summed E-state index contributed by atoms with van der Waals surface area (Å²) < 4.78 is 0. The fraction of sp³-hybridized carbons (Fsp3) is 0.400. The van der Waals surface area contributed by atoms with E-state index in [1.165, 1.54) is 0 Å². The maximum Gasteiger partial charge on any atom is 1.00 e. The summed E-state index contributed by atoms with van der Waals surface area (Å²) in [5, 5.41) is 10.9. The molecule has 0 fully saturated rings. The van der Waals surface area contributed by atoms with Gasteiger partial charge in [-0.15, -0.1) is 5.75 Å². The van der Waals surface area contributed by atoms with Gasteiger partial charge in [0.1, 0.15) is 0 Å². The van der Waals surface area contributed by atoms with Crippen molar-refractivity contribution in [3.8, 4) is 5.75 Å². The number of rotatable bonds is 0. The van der Waals surface area contributed by atoms with Crippen LogP contribution in [-0.2, 0) is 5.41 Å². The Morgan fingerprint density at radius 2 is 1.75 bits per heavy atom. The Kier molecular flexibility index (Phi) is 3.90. The summed E-state index contributed by atoms with van der Waals surface area (Å²) in [6, 6.07) is 7.07. The molecule has 12 heavy (non-hydrogen) atoms. The summed E-state index contributed by atoms with van der Waals surface area (Å²) in [6.45, 7) is 6.30. The van der Waals surface area contributed by atoms with Crippen molar-refractivity contribution >= 4 is 0 Å². The fourth-order valence-corrected chi connectivity index (χ4v) is 0.963. The number of hydrogen-bond donors (Lipinski definition) is 0. The van der Waals surface area contributed by atoms with Gasteiger partial charge in [-0.25, -0.2) is 0 Å². The van der Waals surface area contributed by atoms with Crippen LogP contribution in [0.5, 0.6) is 5.75 Å². The Balaban J connectivity index is 0.00000121. The van der Waals surface area contributed by atoms with Gasteiger partial charge in [0.2, 0.25) is 0 Å². The molecule has 0 aromatic heterocycles. The maximum atomic E-state index is 10.9. The van der Waals surface area contributed by atoms with Crippen LogP contribution in [0.15, 0.2) is 24.3 Å². The molecule has 0 heterocycles. The van der Waals surface area contributed by atoms with Gasteiger partial charge in [0.15, 0.2) is 0 Å². The van der Waals surface area contributed by atoms with E-state index in [-0.39, 0.29) is 30.0 Å². The molecule has 1 aromatic rings. The van der Waals surface area contributed by atoms with Gasteiger partial charge in [-0.05, 0) is 11.0 Å². The van der Waals surface area contributed by atoms with Gasteiger partial charge >= 0.3 is 18.9 Å². The predicted molar refractivity (Wildman–Crippen MR) is 44.6 cm³/mol. The molecule has 0 amide bonds. The van der Waals surface area contributed by atoms with Crippen LogP contribution in [0.1, 0.15) is 26.3 Å². The monoisotopic (exact) mass is 156 g/mol. The molecule has 0 radical (unpaired) electrons. The third kappa shape index (κ3) is 2.93. The molecule has 0 saturated heterocycles. The van der Waals surface area contributed by atoms with Crippen LogP contribution in [0.3, 0.4) is 0 Å². The van der Waals surface area contributed by atoms with Crippen molar-refractivity contribution in [1.29, 1.82) is 0 Å². The minimum absolute atomic E-state index is 0. The predicted octanol–water partition coefficient (Wildman–Crippen LogP) is -0.938. The van der Waals surface area contributed by atoms with Crippen molar-refractivity contribution in [1.82, 2.24) is 0 Å². The third-order valence-corrected chi connectivity index (χ3v) is 1.70. The number of benzene rings is 1. The van der Waals surface area contributed by atoms with Crippen LogP contribution in [0.2, 0.25) is 0 Å².